The van der Waals surface area contributed by atoms with Gasteiger partial charge in [-0.05, 0) is 11.4 Å². The summed E-state index contributed by atoms with van der Waals surface area (Å²) in [6.07, 6.45) is 5.60. The number of hydrogen-bond acceptors (Lipinski definition) is 3. The second-order valence-electron chi connectivity index (χ2n) is 4.31. The molecule has 0 unspecified atom stereocenters. The second kappa shape index (κ2) is 5.79. The Balaban J connectivity index is 1.43. The summed E-state index contributed by atoms with van der Waals surface area (Å²) < 4.78 is 3.85. The van der Waals surface area contributed by atoms with Gasteiger partial charge in [-0.3, -0.25) is 0 Å². The summed E-state index contributed by atoms with van der Waals surface area (Å²) >= 11 is 1.63. The average molecular weight is 289 g/mol. The van der Waals surface area contributed by atoms with Gasteiger partial charge in [0.2, 0.25) is 0 Å². The first-order chi connectivity index (χ1) is 9.83. The highest BCUT2D eigenvalue weighted by molar-refractivity contribution is 7.09. The van der Waals surface area contributed by atoms with Crippen molar-refractivity contribution in [1.82, 2.24) is 24.8 Å². The molecule has 3 aromatic rings. The summed E-state index contributed by atoms with van der Waals surface area (Å²) in [5, 5.41) is 11.8. The lowest BCUT2D eigenvalue weighted by Crippen LogP contribution is -2.36. The molecule has 20 heavy (non-hydrogen) atoms. The van der Waals surface area contributed by atoms with Gasteiger partial charge in [-0.1, -0.05) is 6.07 Å². The number of nitrogens with zero attached hydrogens (tertiary/aromatic N) is 3. The third kappa shape index (κ3) is 2.83. The van der Waals surface area contributed by atoms with Gasteiger partial charge in [0.15, 0.2) is 0 Å². The van der Waals surface area contributed by atoms with Gasteiger partial charge in [0.25, 0.3) is 0 Å². The maximum atomic E-state index is 11.6. The fourth-order valence-electron chi connectivity index (χ4n) is 1.99. The fraction of sp³-hybridized carbons (Fsp3) is 0.231. The molecule has 7 heteroatoms. The van der Waals surface area contributed by atoms with E-state index in [0.29, 0.717) is 19.6 Å². The molecule has 0 aliphatic rings. The van der Waals surface area contributed by atoms with Crippen molar-refractivity contribution < 1.29 is 4.79 Å². The molecule has 0 fully saturated rings. The molecule has 0 bridgehead atoms. The number of hydrogen-bond donors (Lipinski definition) is 2. The highest BCUT2D eigenvalue weighted by Gasteiger charge is 2.03. The number of carbonyl (C=O) groups is 1. The Kier molecular flexibility index (Phi) is 3.69. The molecular formula is C13H15N5OS. The number of aromatic nitrogens is 3. The van der Waals surface area contributed by atoms with Gasteiger partial charge < -0.3 is 15.2 Å². The first-order valence-electron chi connectivity index (χ1n) is 6.35. The molecule has 2 N–H and O–H groups in total. The van der Waals surface area contributed by atoms with E-state index < -0.39 is 0 Å². The van der Waals surface area contributed by atoms with Crippen LogP contribution in [0.4, 0.5) is 4.79 Å². The van der Waals surface area contributed by atoms with Crippen molar-refractivity contribution in [3.63, 3.8) is 0 Å². The van der Waals surface area contributed by atoms with E-state index in [1.807, 2.05) is 40.5 Å². The topological polar surface area (TPSA) is 63.4 Å². The molecular weight excluding hydrogens is 274 g/mol. The number of rotatable bonds is 5. The van der Waals surface area contributed by atoms with Crippen LogP contribution in [0.2, 0.25) is 0 Å². The van der Waals surface area contributed by atoms with E-state index in [0.717, 1.165) is 10.5 Å². The lowest BCUT2D eigenvalue weighted by molar-refractivity contribution is 0.240. The number of fused-ring (bicyclic) bond motifs is 1. The third-order valence-corrected chi connectivity index (χ3v) is 3.85. The van der Waals surface area contributed by atoms with Crippen molar-refractivity contribution in [2.45, 2.75) is 13.1 Å². The van der Waals surface area contributed by atoms with Crippen molar-refractivity contribution in [3.8, 4) is 0 Å². The van der Waals surface area contributed by atoms with Gasteiger partial charge >= 0.3 is 6.03 Å². The molecule has 3 heterocycles. The monoisotopic (exact) mass is 289 g/mol. The molecule has 0 atom stereocenters. The highest BCUT2D eigenvalue weighted by atomic mass is 32.1. The Morgan fingerprint density at radius 3 is 3.10 bits per heavy atom. The number of nitrogens with one attached hydrogen (secondary N) is 2. The van der Waals surface area contributed by atoms with Crippen LogP contribution in [0.5, 0.6) is 0 Å². The normalized spacial score (nSPS) is 10.8. The Bertz CT molecular complexity index is 685. The van der Waals surface area contributed by atoms with Gasteiger partial charge in [-0.15, -0.1) is 11.3 Å². The second-order valence-corrected chi connectivity index (χ2v) is 5.35. The summed E-state index contributed by atoms with van der Waals surface area (Å²) in [6, 6.07) is 5.77. The minimum absolute atomic E-state index is 0.143. The fourth-order valence-corrected chi connectivity index (χ4v) is 2.64. The molecule has 0 saturated heterocycles. The zero-order valence-electron chi connectivity index (χ0n) is 10.8. The number of carbonyl (C=O) groups excluding carboxylic acids is 1. The zero-order chi connectivity index (χ0) is 13.8. The van der Waals surface area contributed by atoms with Crippen LogP contribution in [0.1, 0.15) is 4.88 Å². The van der Waals surface area contributed by atoms with Crippen LogP contribution in [-0.2, 0) is 13.1 Å². The van der Waals surface area contributed by atoms with Crippen LogP contribution in [0.25, 0.3) is 5.65 Å². The number of amides is 2. The molecule has 0 radical (unpaired) electrons. The smallest absolute Gasteiger partial charge is 0.315 e. The van der Waals surface area contributed by atoms with Crippen molar-refractivity contribution in [2.24, 2.45) is 0 Å². The van der Waals surface area contributed by atoms with Gasteiger partial charge in [-0.2, -0.15) is 5.10 Å². The van der Waals surface area contributed by atoms with Crippen molar-refractivity contribution in [3.05, 3.63) is 47.0 Å². The SMILES string of the molecule is O=C(NCCn1ccn2nccc12)NCc1cccs1. The van der Waals surface area contributed by atoms with E-state index in [1.165, 1.54) is 0 Å². The lowest BCUT2D eigenvalue weighted by Gasteiger charge is -2.07. The minimum Gasteiger partial charge on any atom is -0.336 e. The van der Waals surface area contributed by atoms with Gasteiger partial charge in [0.05, 0.1) is 12.7 Å². The van der Waals surface area contributed by atoms with E-state index in [-0.39, 0.29) is 6.03 Å². The van der Waals surface area contributed by atoms with Crippen molar-refractivity contribution in [2.75, 3.05) is 6.54 Å². The van der Waals surface area contributed by atoms with E-state index in [1.54, 1.807) is 22.0 Å². The standard InChI is InChI=1S/C13H15N5OS/c19-13(15-10-11-2-1-9-20-11)14-5-6-17-7-8-18-12(17)3-4-16-18/h1-4,7-9H,5-6,10H2,(H2,14,15,19). The summed E-state index contributed by atoms with van der Waals surface area (Å²) in [5.74, 6) is 0. The number of imidazole rings is 1. The van der Waals surface area contributed by atoms with E-state index in [4.69, 9.17) is 0 Å². The highest BCUT2D eigenvalue weighted by Crippen LogP contribution is 2.07. The quantitative estimate of drug-likeness (QED) is 0.751. The molecule has 3 aromatic heterocycles. The third-order valence-electron chi connectivity index (χ3n) is 2.97. The first kappa shape index (κ1) is 12.7. The van der Waals surface area contributed by atoms with Crippen molar-refractivity contribution >= 4 is 23.0 Å². The minimum atomic E-state index is -0.143. The van der Waals surface area contributed by atoms with Crippen LogP contribution < -0.4 is 10.6 Å². The average Bonchev–Trinajstić information content (AvgIpc) is 3.15. The largest absolute Gasteiger partial charge is 0.336 e. The summed E-state index contributed by atoms with van der Waals surface area (Å²) in [4.78, 5) is 12.8. The molecule has 0 aliphatic heterocycles. The zero-order valence-corrected chi connectivity index (χ0v) is 11.6. The van der Waals surface area contributed by atoms with E-state index in [2.05, 4.69) is 15.7 Å². The Morgan fingerprint density at radius 1 is 1.30 bits per heavy atom. The number of thiophene rings is 1. The number of urea groups is 1. The summed E-state index contributed by atoms with van der Waals surface area (Å²) in [6.45, 7) is 1.86. The Morgan fingerprint density at radius 2 is 2.25 bits per heavy atom. The van der Waals surface area contributed by atoms with E-state index in [9.17, 15) is 4.79 Å². The molecule has 3 rings (SSSR count). The van der Waals surface area contributed by atoms with Crippen LogP contribution in [0, 0.1) is 0 Å². The lowest BCUT2D eigenvalue weighted by atomic mass is 10.5. The van der Waals surface area contributed by atoms with Gasteiger partial charge in [0, 0.05) is 36.4 Å². The van der Waals surface area contributed by atoms with Gasteiger partial charge in [-0.25, -0.2) is 9.31 Å². The predicted molar refractivity (Wildman–Crippen MR) is 77.7 cm³/mol. The molecule has 0 saturated carbocycles. The molecule has 6 nitrogen and oxygen atoms in total. The first-order valence-corrected chi connectivity index (χ1v) is 7.23. The molecule has 104 valence electrons. The Labute approximate surface area is 120 Å². The van der Waals surface area contributed by atoms with Crippen LogP contribution in [0.3, 0.4) is 0 Å². The van der Waals surface area contributed by atoms with Crippen LogP contribution in [-0.4, -0.2) is 26.8 Å². The molecule has 0 aliphatic carbocycles. The maximum Gasteiger partial charge on any atom is 0.315 e. The van der Waals surface area contributed by atoms with Crippen LogP contribution in [0.15, 0.2) is 42.2 Å². The van der Waals surface area contributed by atoms with E-state index >= 15 is 0 Å². The predicted octanol–water partition coefficient (Wildman–Crippen LogP) is 1.70. The molecule has 2 amide bonds. The molecule has 0 aromatic carbocycles. The summed E-state index contributed by atoms with van der Waals surface area (Å²) in [7, 11) is 0. The van der Waals surface area contributed by atoms with Crippen molar-refractivity contribution in [1.29, 1.82) is 0 Å². The van der Waals surface area contributed by atoms with Gasteiger partial charge in [0.1, 0.15) is 5.65 Å². The van der Waals surface area contributed by atoms with Crippen LogP contribution >= 0.6 is 11.3 Å². The summed E-state index contributed by atoms with van der Waals surface area (Å²) in [5.41, 5.74) is 1.02. The molecule has 0 spiro atoms. The maximum absolute atomic E-state index is 11.6. The Hall–Kier alpha value is -2.28.